The summed E-state index contributed by atoms with van der Waals surface area (Å²) in [7, 11) is 0. The summed E-state index contributed by atoms with van der Waals surface area (Å²) in [4.78, 5) is 0. The van der Waals surface area contributed by atoms with Crippen LogP contribution in [-0.4, -0.2) is 0 Å². The van der Waals surface area contributed by atoms with Crippen LogP contribution in [0.15, 0.2) is 30.9 Å². The lowest BCUT2D eigenvalue weighted by Gasteiger charge is -2.09. The first-order valence-corrected chi connectivity index (χ1v) is 8.02. The molecule has 0 N–H and O–H groups in total. The molecule has 0 unspecified atom stereocenters. The number of hydrogen-bond acceptors (Lipinski definition) is 0. The third-order valence-corrected chi connectivity index (χ3v) is 3.62. The van der Waals surface area contributed by atoms with Gasteiger partial charge in [0.2, 0.25) is 0 Å². The molecule has 0 amide bonds. The number of rotatable bonds is 10. The zero-order valence-electron chi connectivity index (χ0n) is 12.9. The van der Waals surface area contributed by atoms with Crippen molar-refractivity contribution in [2.24, 2.45) is 0 Å². The minimum atomic E-state index is 1.13. The first-order valence-electron chi connectivity index (χ1n) is 8.02. The summed E-state index contributed by atoms with van der Waals surface area (Å²) < 4.78 is 0. The average molecular weight is 258 g/mol. The Hall–Kier alpha value is -1.04. The van der Waals surface area contributed by atoms with E-state index in [2.05, 4.69) is 38.6 Å². The molecule has 0 aliphatic rings. The summed E-state index contributed by atoms with van der Waals surface area (Å²) in [5.41, 5.74) is 4.62. The molecular formula is C19H30. The number of hydrogen-bond donors (Lipinski definition) is 0. The molecule has 0 heterocycles. The second kappa shape index (κ2) is 9.83. The lowest BCUT2D eigenvalue weighted by Crippen LogP contribution is -1.95. The largest absolute Gasteiger partial charge is 0.103 e. The van der Waals surface area contributed by atoms with E-state index in [1.54, 1.807) is 11.1 Å². The molecule has 0 spiro atoms. The van der Waals surface area contributed by atoms with Crippen LogP contribution in [0.1, 0.15) is 69.1 Å². The maximum atomic E-state index is 3.81. The number of aryl methyl sites for hydroxylation is 3. The first-order chi connectivity index (χ1) is 9.30. The predicted octanol–water partition coefficient (Wildman–Crippen LogP) is 5.88. The van der Waals surface area contributed by atoms with E-state index >= 15 is 0 Å². The Morgan fingerprint density at radius 3 is 1.58 bits per heavy atom. The molecule has 1 aromatic rings. The minimum absolute atomic E-state index is 1.13. The molecule has 0 saturated carbocycles. The molecule has 0 aliphatic carbocycles. The van der Waals surface area contributed by atoms with Crippen LogP contribution in [-0.2, 0) is 19.3 Å². The Kier molecular flexibility index (Phi) is 8.29. The normalized spacial score (nSPS) is 10.6. The summed E-state index contributed by atoms with van der Waals surface area (Å²) in [6.07, 6.45) is 13.2. The molecule has 0 aromatic heterocycles. The van der Waals surface area contributed by atoms with Gasteiger partial charge >= 0.3 is 0 Å². The van der Waals surface area contributed by atoms with E-state index in [1.807, 2.05) is 6.08 Å². The summed E-state index contributed by atoms with van der Waals surface area (Å²) >= 11 is 0. The van der Waals surface area contributed by atoms with Gasteiger partial charge in [-0.15, -0.1) is 6.58 Å². The van der Waals surface area contributed by atoms with Gasteiger partial charge in [-0.2, -0.15) is 0 Å². The van der Waals surface area contributed by atoms with E-state index in [9.17, 15) is 0 Å². The topological polar surface area (TPSA) is 0 Å². The summed E-state index contributed by atoms with van der Waals surface area (Å²) in [6.45, 7) is 8.35. The Bertz CT molecular complexity index is 336. The molecule has 0 atom stereocenters. The fourth-order valence-corrected chi connectivity index (χ4v) is 2.48. The van der Waals surface area contributed by atoms with Crippen LogP contribution in [0.5, 0.6) is 0 Å². The number of allylic oxidation sites excluding steroid dienone is 1. The summed E-state index contributed by atoms with van der Waals surface area (Å²) in [5, 5.41) is 0. The zero-order valence-corrected chi connectivity index (χ0v) is 12.9. The highest BCUT2D eigenvalue weighted by molar-refractivity contribution is 5.30. The molecular weight excluding hydrogens is 228 g/mol. The first kappa shape index (κ1) is 16.0. The number of benzene rings is 1. The monoisotopic (exact) mass is 258 g/mol. The van der Waals surface area contributed by atoms with Crippen molar-refractivity contribution >= 4 is 0 Å². The van der Waals surface area contributed by atoms with E-state index in [1.165, 1.54) is 56.9 Å². The lowest BCUT2D eigenvalue weighted by molar-refractivity contribution is 0.773. The van der Waals surface area contributed by atoms with Crippen LogP contribution in [0, 0.1) is 0 Å². The smallest absolute Gasteiger partial charge is 0.0276 e. The van der Waals surface area contributed by atoms with Gasteiger partial charge in [0, 0.05) is 0 Å². The second-order valence-electron chi connectivity index (χ2n) is 5.55. The van der Waals surface area contributed by atoms with Gasteiger partial charge in [0.25, 0.3) is 0 Å². The van der Waals surface area contributed by atoms with E-state index in [4.69, 9.17) is 0 Å². The van der Waals surface area contributed by atoms with Crippen LogP contribution in [0.4, 0.5) is 0 Å². The van der Waals surface area contributed by atoms with E-state index in [0.717, 1.165) is 6.42 Å². The highest BCUT2D eigenvalue weighted by Gasteiger charge is 2.02. The Morgan fingerprint density at radius 2 is 1.21 bits per heavy atom. The lowest BCUT2D eigenvalue weighted by atomic mass is 9.96. The molecule has 0 bridgehead atoms. The molecule has 19 heavy (non-hydrogen) atoms. The third kappa shape index (κ3) is 6.61. The van der Waals surface area contributed by atoms with Crippen LogP contribution in [0.3, 0.4) is 0 Å². The molecule has 0 radical (unpaired) electrons. The van der Waals surface area contributed by atoms with Crippen molar-refractivity contribution in [3.8, 4) is 0 Å². The van der Waals surface area contributed by atoms with Gasteiger partial charge in [-0.25, -0.2) is 0 Å². The van der Waals surface area contributed by atoms with Crippen LogP contribution >= 0.6 is 0 Å². The van der Waals surface area contributed by atoms with Crippen molar-refractivity contribution in [1.29, 1.82) is 0 Å². The zero-order chi connectivity index (χ0) is 13.9. The Balaban J connectivity index is 2.72. The Morgan fingerprint density at radius 1 is 0.789 bits per heavy atom. The molecule has 0 heteroatoms. The van der Waals surface area contributed by atoms with Gasteiger partial charge in [-0.1, -0.05) is 51.0 Å². The fraction of sp³-hybridized carbons (Fsp3) is 0.579. The van der Waals surface area contributed by atoms with Crippen LogP contribution < -0.4 is 0 Å². The molecule has 106 valence electrons. The van der Waals surface area contributed by atoms with Crippen molar-refractivity contribution in [2.75, 3.05) is 0 Å². The second-order valence-corrected chi connectivity index (χ2v) is 5.55. The maximum Gasteiger partial charge on any atom is -0.0276 e. The SMILES string of the molecule is C=CCCCc1cc(CCCC)cc(CCCC)c1. The molecule has 0 saturated heterocycles. The van der Waals surface area contributed by atoms with Gasteiger partial charge in [0.05, 0.1) is 0 Å². The standard InChI is InChI=1S/C19H30/c1-4-7-10-13-19-15-17(11-8-5-2)14-18(16-19)12-9-6-3/h4,14-16H,1,5-13H2,2-3H3. The van der Waals surface area contributed by atoms with Gasteiger partial charge < -0.3 is 0 Å². The van der Waals surface area contributed by atoms with Crippen LogP contribution in [0.25, 0.3) is 0 Å². The van der Waals surface area contributed by atoms with Crippen molar-refractivity contribution < 1.29 is 0 Å². The maximum absolute atomic E-state index is 3.81. The van der Waals surface area contributed by atoms with Crippen LogP contribution in [0.2, 0.25) is 0 Å². The molecule has 1 aromatic carbocycles. The van der Waals surface area contributed by atoms with Gasteiger partial charge in [0.15, 0.2) is 0 Å². The van der Waals surface area contributed by atoms with E-state index in [0.29, 0.717) is 0 Å². The van der Waals surface area contributed by atoms with E-state index < -0.39 is 0 Å². The van der Waals surface area contributed by atoms with E-state index in [-0.39, 0.29) is 0 Å². The summed E-state index contributed by atoms with van der Waals surface area (Å²) in [6, 6.07) is 7.28. The van der Waals surface area contributed by atoms with Gasteiger partial charge in [-0.3, -0.25) is 0 Å². The minimum Gasteiger partial charge on any atom is -0.103 e. The highest BCUT2D eigenvalue weighted by atomic mass is 14.1. The predicted molar refractivity (Wildman–Crippen MR) is 86.8 cm³/mol. The fourth-order valence-electron chi connectivity index (χ4n) is 2.48. The third-order valence-electron chi connectivity index (χ3n) is 3.62. The molecule has 0 aliphatic heterocycles. The summed E-state index contributed by atoms with van der Waals surface area (Å²) in [5.74, 6) is 0. The average Bonchev–Trinajstić information content (AvgIpc) is 2.43. The van der Waals surface area contributed by atoms with Gasteiger partial charge in [-0.05, 0) is 61.6 Å². The molecule has 0 nitrogen and oxygen atoms in total. The van der Waals surface area contributed by atoms with Crippen molar-refractivity contribution in [2.45, 2.75) is 71.6 Å². The molecule has 0 fully saturated rings. The highest BCUT2D eigenvalue weighted by Crippen LogP contribution is 2.17. The number of unbranched alkanes of at least 4 members (excludes halogenated alkanes) is 3. The quantitative estimate of drug-likeness (QED) is 0.363. The molecule has 1 rings (SSSR count). The van der Waals surface area contributed by atoms with Crippen molar-refractivity contribution in [3.05, 3.63) is 47.5 Å². The Labute approximate surface area is 119 Å². The van der Waals surface area contributed by atoms with Crippen molar-refractivity contribution in [1.82, 2.24) is 0 Å². The van der Waals surface area contributed by atoms with Crippen molar-refractivity contribution in [3.63, 3.8) is 0 Å². The van der Waals surface area contributed by atoms with Gasteiger partial charge in [0.1, 0.15) is 0 Å².